The van der Waals surface area contributed by atoms with Gasteiger partial charge in [0.1, 0.15) is 0 Å². The molecule has 1 atom stereocenters. The second-order valence-electron chi connectivity index (χ2n) is 5.58. The van der Waals surface area contributed by atoms with E-state index in [0.29, 0.717) is 17.7 Å². The van der Waals surface area contributed by atoms with E-state index < -0.39 is 0 Å². The van der Waals surface area contributed by atoms with Gasteiger partial charge in [-0.3, -0.25) is 9.59 Å². The molecule has 1 aromatic carbocycles. The van der Waals surface area contributed by atoms with Crippen LogP contribution >= 0.6 is 12.1 Å². The van der Waals surface area contributed by atoms with Gasteiger partial charge in [-0.2, -0.15) is 0 Å². The van der Waals surface area contributed by atoms with Crippen molar-refractivity contribution in [2.75, 3.05) is 13.6 Å². The van der Waals surface area contributed by atoms with E-state index in [1.807, 2.05) is 12.2 Å². The topological polar surface area (TPSA) is 61.8 Å². The minimum absolute atomic E-state index is 0.0446. The third-order valence-corrected chi connectivity index (χ3v) is 4.44. The van der Waals surface area contributed by atoms with E-state index in [2.05, 4.69) is 15.2 Å². The van der Waals surface area contributed by atoms with Gasteiger partial charge in [-0.25, -0.2) is 9.12 Å². The zero-order valence-corrected chi connectivity index (χ0v) is 13.8. The molecular weight excluding hydrogens is 310 g/mol. The molecule has 0 bridgehead atoms. The first-order valence-electron chi connectivity index (χ1n) is 7.29. The number of likely N-dealkylation sites (N-methyl/N-ethyl adjacent to an activating group) is 1. The van der Waals surface area contributed by atoms with Gasteiger partial charge < -0.3 is 4.90 Å². The van der Waals surface area contributed by atoms with Gasteiger partial charge in [-0.05, 0) is 30.7 Å². The molecule has 5 nitrogen and oxygen atoms in total. The van der Waals surface area contributed by atoms with E-state index in [-0.39, 0.29) is 17.7 Å². The van der Waals surface area contributed by atoms with E-state index in [1.54, 1.807) is 36.2 Å². The molecule has 1 aromatic rings. The minimum atomic E-state index is -0.101. The molecule has 0 saturated carbocycles. The number of ketones is 1. The Hall–Kier alpha value is -2.18. The van der Waals surface area contributed by atoms with Crippen LogP contribution in [-0.4, -0.2) is 41.9 Å². The maximum atomic E-state index is 12.5. The number of nitrogens with one attached hydrogen (secondary N) is 1. The number of hydrogen-bond acceptors (Lipinski definition) is 5. The van der Waals surface area contributed by atoms with Gasteiger partial charge >= 0.3 is 0 Å². The van der Waals surface area contributed by atoms with Crippen molar-refractivity contribution in [3.05, 3.63) is 59.2 Å². The molecule has 0 fully saturated rings. The molecule has 1 heterocycles. The lowest BCUT2D eigenvalue weighted by atomic mass is 10.0. The largest absolute Gasteiger partial charge is 0.337 e. The number of nitrogens with zero attached hydrogens (tertiary/aromatic N) is 2. The summed E-state index contributed by atoms with van der Waals surface area (Å²) in [4.78, 5) is 25.6. The Balaban J connectivity index is 1.71. The van der Waals surface area contributed by atoms with Crippen LogP contribution in [0.25, 0.3) is 0 Å². The van der Waals surface area contributed by atoms with Crippen molar-refractivity contribution in [3.63, 3.8) is 0 Å². The van der Waals surface area contributed by atoms with Crippen molar-refractivity contribution in [2.24, 2.45) is 4.40 Å². The summed E-state index contributed by atoms with van der Waals surface area (Å²) in [7, 11) is 1.76. The summed E-state index contributed by atoms with van der Waals surface area (Å²) in [6.07, 6.45) is 6.04. The summed E-state index contributed by atoms with van der Waals surface area (Å²) < 4.78 is 7.45. The average Bonchev–Trinajstić information content (AvgIpc) is 3.01. The van der Waals surface area contributed by atoms with E-state index in [4.69, 9.17) is 0 Å². The average molecular weight is 327 g/mol. The van der Waals surface area contributed by atoms with Crippen LogP contribution in [0.1, 0.15) is 27.6 Å². The normalized spacial score (nSPS) is 19.0. The number of amides is 1. The molecule has 1 aliphatic heterocycles. The molecule has 0 spiro atoms. The summed E-state index contributed by atoms with van der Waals surface area (Å²) in [5, 5.41) is 0. The number of fused-ring (bicyclic) bond motifs is 1. The summed E-state index contributed by atoms with van der Waals surface area (Å²) in [6.45, 7) is 2.01. The summed E-state index contributed by atoms with van der Waals surface area (Å²) >= 11 is 1.34. The molecule has 1 N–H and O–H groups in total. The van der Waals surface area contributed by atoms with Crippen LogP contribution in [-0.2, 0) is 0 Å². The number of benzene rings is 1. The lowest BCUT2D eigenvalue weighted by molar-refractivity contribution is 0.0807. The Bertz CT molecular complexity index is 752. The van der Waals surface area contributed by atoms with E-state index in [0.717, 1.165) is 11.3 Å². The van der Waals surface area contributed by atoms with Crippen molar-refractivity contribution in [2.45, 2.75) is 13.0 Å². The molecule has 1 amide bonds. The number of carbonyl (C=O) groups is 2. The molecule has 0 radical (unpaired) electrons. The number of Topliss-reactive ketones (excluding diaryl/α,β-unsaturated/α-hetero) is 1. The molecule has 6 heteroatoms. The second kappa shape index (κ2) is 6.52. The fourth-order valence-corrected chi connectivity index (χ4v) is 3.15. The van der Waals surface area contributed by atoms with Crippen molar-refractivity contribution in [1.82, 2.24) is 9.62 Å². The Labute approximate surface area is 139 Å². The first kappa shape index (κ1) is 15.7. The van der Waals surface area contributed by atoms with Gasteiger partial charge in [0.25, 0.3) is 5.91 Å². The van der Waals surface area contributed by atoms with Gasteiger partial charge in [0, 0.05) is 24.7 Å². The highest BCUT2D eigenvalue weighted by Crippen LogP contribution is 2.20. The van der Waals surface area contributed by atoms with Crippen LogP contribution in [0.3, 0.4) is 0 Å². The Morgan fingerprint density at radius 3 is 2.87 bits per heavy atom. The van der Waals surface area contributed by atoms with Crippen molar-refractivity contribution >= 4 is 29.5 Å². The highest BCUT2D eigenvalue weighted by Gasteiger charge is 2.22. The Morgan fingerprint density at radius 1 is 1.30 bits per heavy atom. The maximum Gasteiger partial charge on any atom is 0.253 e. The molecule has 3 rings (SSSR count). The number of rotatable bonds is 4. The zero-order valence-electron chi connectivity index (χ0n) is 12.9. The number of hydrogen-bond donors (Lipinski definition) is 1. The van der Waals surface area contributed by atoms with E-state index in [9.17, 15) is 9.59 Å². The van der Waals surface area contributed by atoms with Gasteiger partial charge in [0.2, 0.25) is 0 Å². The van der Waals surface area contributed by atoms with Crippen molar-refractivity contribution in [3.8, 4) is 0 Å². The summed E-state index contributed by atoms with van der Waals surface area (Å²) in [5.41, 5.74) is 3.14. The fourth-order valence-electron chi connectivity index (χ4n) is 2.51. The van der Waals surface area contributed by atoms with Crippen molar-refractivity contribution < 1.29 is 9.59 Å². The number of carbonyl (C=O) groups excluding carboxylic acids is 2. The van der Waals surface area contributed by atoms with Crippen LogP contribution in [0.2, 0.25) is 0 Å². The minimum Gasteiger partial charge on any atom is -0.337 e. The molecule has 23 heavy (non-hydrogen) atoms. The monoisotopic (exact) mass is 327 g/mol. The quantitative estimate of drug-likeness (QED) is 0.681. The van der Waals surface area contributed by atoms with Crippen LogP contribution in [0.15, 0.2) is 52.5 Å². The third-order valence-electron chi connectivity index (χ3n) is 3.78. The molecule has 1 unspecified atom stereocenters. The van der Waals surface area contributed by atoms with Crippen LogP contribution in [0.4, 0.5) is 0 Å². The summed E-state index contributed by atoms with van der Waals surface area (Å²) in [5.74, 6) is -0.146. The molecule has 0 saturated heterocycles. The van der Waals surface area contributed by atoms with Gasteiger partial charge in [0.05, 0.1) is 23.9 Å². The second-order valence-corrected chi connectivity index (χ2v) is 6.18. The lowest BCUT2D eigenvalue weighted by Gasteiger charge is -2.21. The van der Waals surface area contributed by atoms with Gasteiger partial charge in [-0.15, -0.1) is 0 Å². The molecule has 118 valence electrons. The van der Waals surface area contributed by atoms with Crippen LogP contribution < -0.4 is 4.72 Å². The smallest absolute Gasteiger partial charge is 0.253 e. The standard InChI is InChI=1S/C17H17N3O2S/c1-11(21)13-4-3-5-14(9-13)17(22)20(2)10-12-6-7-15-16(8-12)19-23-18-15/h3-9,16,19H,10H2,1-2H3. The summed E-state index contributed by atoms with van der Waals surface area (Å²) in [6, 6.07) is 6.95. The predicted molar refractivity (Wildman–Crippen MR) is 92.6 cm³/mol. The lowest BCUT2D eigenvalue weighted by Crippen LogP contribution is -2.31. The van der Waals surface area contributed by atoms with Crippen molar-refractivity contribution in [1.29, 1.82) is 0 Å². The zero-order chi connectivity index (χ0) is 16.4. The fraction of sp³-hybridized carbons (Fsp3) is 0.235. The third kappa shape index (κ3) is 3.43. The first-order valence-corrected chi connectivity index (χ1v) is 8.06. The van der Waals surface area contributed by atoms with E-state index in [1.165, 1.54) is 19.1 Å². The SMILES string of the molecule is CC(=O)c1cccc(C(=O)N(C)CC2=CC3NSN=C3C=C2)c1. The maximum absolute atomic E-state index is 12.5. The molecule has 2 aliphatic rings. The Kier molecular flexibility index (Phi) is 4.45. The molecular formula is C17H17N3O2S. The van der Waals surface area contributed by atoms with E-state index >= 15 is 0 Å². The molecule has 0 aromatic heterocycles. The molecule has 1 aliphatic carbocycles. The predicted octanol–water partition coefficient (Wildman–Crippen LogP) is 2.43. The van der Waals surface area contributed by atoms with Crippen LogP contribution in [0, 0.1) is 0 Å². The first-order chi connectivity index (χ1) is 11.0. The highest BCUT2D eigenvalue weighted by molar-refractivity contribution is 7.96. The van der Waals surface area contributed by atoms with Gasteiger partial charge in [0.15, 0.2) is 5.78 Å². The Morgan fingerprint density at radius 2 is 2.09 bits per heavy atom. The highest BCUT2D eigenvalue weighted by atomic mass is 32.2. The van der Waals surface area contributed by atoms with Gasteiger partial charge in [-0.1, -0.05) is 24.3 Å². The van der Waals surface area contributed by atoms with Crippen LogP contribution in [0.5, 0.6) is 0 Å².